The summed E-state index contributed by atoms with van der Waals surface area (Å²) < 4.78 is 16.9. The average Bonchev–Trinajstić information content (AvgIpc) is 2.68. The molecule has 0 spiro atoms. The summed E-state index contributed by atoms with van der Waals surface area (Å²) in [5.74, 6) is 0. The molecule has 0 bridgehead atoms. The number of hydrogen-bond donors (Lipinski definition) is 0. The molecule has 60 valence electrons. The van der Waals surface area contributed by atoms with E-state index in [1.54, 1.807) is 16.7 Å². The fraction of sp³-hybridized carbons (Fsp3) is 0.375. The van der Waals surface area contributed by atoms with E-state index in [9.17, 15) is 0 Å². The number of aromatic nitrogens is 1. The molecule has 0 N–H and O–H groups in total. The van der Waals surface area contributed by atoms with Crippen LogP contribution in [0.4, 0.5) is 0 Å². The van der Waals surface area contributed by atoms with Gasteiger partial charge in [0.15, 0.2) is 18.4 Å². The van der Waals surface area contributed by atoms with Gasteiger partial charge in [0.1, 0.15) is 2.74 Å². The Morgan fingerprint density at radius 3 is 2.45 bits per heavy atom. The molecule has 1 nitrogen and oxygen atoms in total. The maximum absolute atomic E-state index is 7.58. The van der Waals surface area contributed by atoms with Crippen molar-refractivity contribution in [3.8, 4) is 0 Å². The highest BCUT2D eigenvalue weighted by Gasteiger charge is 2.30. The van der Waals surface area contributed by atoms with Crippen LogP contribution in [-0.2, 0) is 0 Å². The predicted molar refractivity (Wildman–Crippen MR) is 39.9 cm³/mol. The van der Waals surface area contributed by atoms with E-state index in [1.165, 1.54) is 0 Å². The standard InChI is InChI=1S/C8H9ClN.ClH/c9-7-3-5-10(6-4-7)8-1-2-8;/h3-6,8H,1-2H2;1H/q+1;/p-1/i5D,6D;. The first-order valence-electron chi connectivity index (χ1n) is 4.37. The monoisotopic (exact) mass is 191 g/mol. The number of pyridine rings is 1. The molecular weight excluding hydrogens is 181 g/mol. The van der Waals surface area contributed by atoms with Gasteiger partial charge in [-0.1, -0.05) is 11.6 Å². The molecule has 0 aliphatic heterocycles. The van der Waals surface area contributed by atoms with Crippen LogP contribution in [0.25, 0.3) is 0 Å². The second kappa shape index (κ2) is 3.42. The number of nitrogens with zero attached hydrogens (tertiary/aromatic N) is 1. The number of rotatable bonds is 1. The van der Waals surface area contributed by atoms with Crippen LogP contribution in [0.2, 0.25) is 5.02 Å². The molecule has 3 heteroatoms. The van der Waals surface area contributed by atoms with E-state index >= 15 is 0 Å². The van der Waals surface area contributed by atoms with Crippen LogP contribution in [0.15, 0.2) is 24.5 Å². The van der Waals surface area contributed by atoms with Crippen molar-refractivity contribution < 1.29 is 19.7 Å². The van der Waals surface area contributed by atoms with Crippen LogP contribution in [0.1, 0.15) is 21.6 Å². The van der Waals surface area contributed by atoms with Crippen LogP contribution in [-0.4, -0.2) is 0 Å². The van der Waals surface area contributed by atoms with Crippen molar-refractivity contribution in [2.24, 2.45) is 0 Å². The molecular formula is C8H9Cl2N. The van der Waals surface area contributed by atoms with Gasteiger partial charge in [-0.3, -0.25) is 0 Å². The van der Waals surface area contributed by atoms with Gasteiger partial charge in [-0.15, -0.1) is 0 Å². The minimum atomic E-state index is 0. The Hall–Kier alpha value is -0.270. The van der Waals surface area contributed by atoms with Gasteiger partial charge in [0.25, 0.3) is 0 Å². The normalized spacial score (nSPS) is 18.3. The predicted octanol–water partition coefficient (Wildman–Crippen LogP) is -1.03. The number of halogens is 2. The Morgan fingerprint density at radius 1 is 1.45 bits per heavy atom. The van der Waals surface area contributed by atoms with Crippen molar-refractivity contribution in [1.82, 2.24) is 0 Å². The molecule has 11 heavy (non-hydrogen) atoms. The first-order chi connectivity index (χ1) is 5.68. The van der Waals surface area contributed by atoms with Crippen molar-refractivity contribution >= 4 is 11.6 Å². The lowest BCUT2D eigenvalue weighted by Crippen LogP contribution is -3.00. The molecule has 1 aromatic rings. The highest BCUT2D eigenvalue weighted by Crippen LogP contribution is 2.28. The van der Waals surface area contributed by atoms with Gasteiger partial charge in [0.05, 0.1) is 5.02 Å². The third-order valence-electron chi connectivity index (χ3n) is 1.60. The van der Waals surface area contributed by atoms with E-state index in [4.69, 9.17) is 14.3 Å². The second-order valence-electron chi connectivity index (χ2n) is 2.53. The zero-order valence-electron chi connectivity index (χ0n) is 7.85. The van der Waals surface area contributed by atoms with Crippen LogP contribution < -0.4 is 17.0 Å². The highest BCUT2D eigenvalue weighted by molar-refractivity contribution is 6.30. The van der Waals surface area contributed by atoms with Crippen molar-refractivity contribution in [3.63, 3.8) is 0 Å². The Kier molecular flexibility index (Phi) is 1.95. The quantitative estimate of drug-likeness (QED) is 0.501. The van der Waals surface area contributed by atoms with Crippen molar-refractivity contribution in [2.75, 3.05) is 0 Å². The molecule has 2 rings (SSSR count). The summed E-state index contributed by atoms with van der Waals surface area (Å²) in [5.41, 5.74) is 0. The van der Waals surface area contributed by atoms with Crippen LogP contribution in [0.5, 0.6) is 0 Å². The molecule has 1 aliphatic rings. The maximum Gasteiger partial charge on any atom is 0.170 e. The zero-order chi connectivity index (χ0) is 8.72. The SMILES string of the molecule is [2H]c1cc(Cl)cc([2H])[n+]1C1CC1.[Cl-]. The summed E-state index contributed by atoms with van der Waals surface area (Å²) in [5, 5.41) is 0.474. The van der Waals surface area contributed by atoms with E-state index in [0.29, 0.717) is 23.4 Å². The maximum atomic E-state index is 7.58. The summed E-state index contributed by atoms with van der Waals surface area (Å²) in [4.78, 5) is 0. The minimum Gasteiger partial charge on any atom is -1.00 e. The number of hydrogen-bond acceptors (Lipinski definition) is 0. The van der Waals surface area contributed by atoms with Gasteiger partial charge < -0.3 is 12.4 Å². The molecule has 0 aromatic carbocycles. The van der Waals surface area contributed by atoms with Gasteiger partial charge in [-0.2, -0.15) is 0 Å². The molecule has 0 unspecified atom stereocenters. The van der Waals surface area contributed by atoms with E-state index in [1.807, 2.05) is 0 Å². The second-order valence-corrected chi connectivity index (χ2v) is 2.97. The Bertz CT molecular complexity index is 303. The topological polar surface area (TPSA) is 3.88 Å². The third-order valence-corrected chi connectivity index (χ3v) is 1.81. The largest absolute Gasteiger partial charge is 1.00 e. The molecule has 1 aliphatic carbocycles. The van der Waals surface area contributed by atoms with Crippen molar-refractivity contribution in [3.05, 3.63) is 29.5 Å². The zero-order valence-corrected chi connectivity index (χ0v) is 7.36. The molecule has 1 fully saturated rings. The highest BCUT2D eigenvalue weighted by atomic mass is 35.5. The molecule has 1 heterocycles. The molecule has 1 saturated carbocycles. The molecule has 0 saturated heterocycles. The lowest BCUT2D eigenvalue weighted by atomic mass is 10.5. The lowest BCUT2D eigenvalue weighted by Gasteiger charge is -1.90. The van der Waals surface area contributed by atoms with E-state index in [2.05, 4.69) is 0 Å². The van der Waals surface area contributed by atoms with E-state index in [0.717, 1.165) is 12.8 Å². The van der Waals surface area contributed by atoms with Gasteiger partial charge in [0, 0.05) is 25.0 Å². The summed E-state index contributed by atoms with van der Waals surface area (Å²) in [6.45, 7) is 0. The first-order valence-corrected chi connectivity index (χ1v) is 3.74. The molecule has 0 amide bonds. The molecule has 1 aromatic heterocycles. The first kappa shape index (κ1) is 6.27. The fourth-order valence-corrected chi connectivity index (χ4v) is 0.982. The van der Waals surface area contributed by atoms with Gasteiger partial charge >= 0.3 is 0 Å². The molecule has 0 atom stereocenters. The smallest absolute Gasteiger partial charge is 0.170 e. The van der Waals surface area contributed by atoms with Crippen LogP contribution in [0, 0.1) is 0 Å². The van der Waals surface area contributed by atoms with Crippen LogP contribution >= 0.6 is 11.6 Å². The van der Waals surface area contributed by atoms with Gasteiger partial charge in [-0.25, -0.2) is 4.57 Å². The van der Waals surface area contributed by atoms with Crippen molar-refractivity contribution in [1.29, 1.82) is 0 Å². The summed E-state index contributed by atoms with van der Waals surface area (Å²) in [7, 11) is 0. The van der Waals surface area contributed by atoms with E-state index in [-0.39, 0.29) is 12.4 Å². The minimum absolute atomic E-state index is 0. The third kappa shape index (κ3) is 2.08. The van der Waals surface area contributed by atoms with E-state index < -0.39 is 0 Å². The Morgan fingerprint density at radius 2 is 2.00 bits per heavy atom. The summed E-state index contributed by atoms with van der Waals surface area (Å²) >= 11 is 5.69. The van der Waals surface area contributed by atoms with Gasteiger partial charge in [-0.05, 0) is 0 Å². The lowest BCUT2D eigenvalue weighted by molar-refractivity contribution is -0.700. The fourth-order valence-electron chi connectivity index (χ4n) is 0.885. The van der Waals surface area contributed by atoms with Gasteiger partial charge in [0.2, 0.25) is 0 Å². The summed E-state index contributed by atoms with van der Waals surface area (Å²) in [6, 6.07) is 3.54. The Labute approximate surface area is 80.2 Å². The molecule has 0 radical (unpaired) electrons. The Balaban J connectivity index is 0.000000845. The van der Waals surface area contributed by atoms with Crippen molar-refractivity contribution in [2.45, 2.75) is 18.9 Å². The van der Waals surface area contributed by atoms with Crippen LogP contribution in [0.3, 0.4) is 0 Å². The average molecular weight is 192 g/mol. The summed E-state index contributed by atoms with van der Waals surface area (Å²) in [6.07, 6.45) is 2.86.